The van der Waals surface area contributed by atoms with E-state index in [0.29, 0.717) is 6.61 Å². The summed E-state index contributed by atoms with van der Waals surface area (Å²) in [6, 6.07) is 0.137. The van der Waals surface area contributed by atoms with Crippen LogP contribution in [0.2, 0.25) is 0 Å². The summed E-state index contributed by atoms with van der Waals surface area (Å²) in [4.78, 5) is 14.4. The second-order valence-corrected chi connectivity index (χ2v) is 5.13. The Bertz CT molecular complexity index is 250. The van der Waals surface area contributed by atoms with Gasteiger partial charge in [-0.3, -0.25) is 4.79 Å². The molecule has 4 heteroatoms. The van der Waals surface area contributed by atoms with Gasteiger partial charge in [0.2, 0.25) is 5.91 Å². The van der Waals surface area contributed by atoms with Crippen molar-refractivity contribution in [1.29, 1.82) is 0 Å². The predicted octanol–water partition coefficient (Wildman–Crippen LogP) is 1.26. The van der Waals surface area contributed by atoms with Gasteiger partial charge in [-0.2, -0.15) is 0 Å². The van der Waals surface area contributed by atoms with E-state index in [1.807, 2.05) is 18.9 Å². The van der Waals surface area contributed by atoms with Crippen molar-refractivity contribution in [2.75, 3.05) is 33.9 Å². The van der Waals surface area contributed by atoms with Crippen LogP contribution < -0.4 is 5.32 Å². The first kappa shape index (κ1) is 14.5. The van der Waals surface area contributed by atoms with Crippen molar-refractivity contribution >= 4 is 5.91 Å². The highest BCUT2D eigenvalue weighted by molar-refractivity contribution is 5.83. The lowest BCUT2D eigenvalue weighted by Gasteiger charge is -2.40. The van der Waals surface area contributed by atoms with Gasteiger partial charge in [-0.15, -0.1) is 0 Å². The molecule has 0 saturated carbocycles. The number of piperidine rings is 1. The van der Waals surface area contributed by atoms with Crippen molar-refractivity contribution in [1.82, 2.24) is 10.2 Å². The summed E-state index contributed by atoms with van der Waals surface area (Å²) in [7, 11) is 3.56. The van der Waals surface area contributed by atoms with E-state index in [1.165, 1.54) is 0 Å². The molecule has 100 valence electrons. The lowest BCUT2D eigenvalue weighted by atomic mass is 9.77. The third kappa shape index (κ3) is 3.19. The van der Waals surface area contributed by atoms with Crippen LogP contribution >= 0.6 is 0 Å². The average Bonchev–Trinajstić information content (AvgIpc) is 2.38. The quantitative estimate of drug-likeness (QED) is 0.789. The molecule has 0 aromatic carbocycles. The largest absolute Gasteiger partial charge is 0.383 e. The number of hydrogen-bond acceptors (Lipinski definition) is 3. The third-order valence-corrected chi connectivity index (χ3v) is 3.99. The van der Waals surface area contributed by atoms with E-state index in [9.17, 15) is 4.79 Å². The van der Waals surface area contributed by atoms with Gasteiger partial charge in [0.25, 0.3) is 0 Å². The Morgan fingerprint density at radius 2 is 2.29 bits per heavy atom. The molecule has 0 radical (unpaired) electrons. The molecule has 0 aromatic heterocycles. The molecule has 1 rings (SSSR count). The molecule has 1 fully saturated rings. The molecule has 0 spiro atoms. The minimum Gasteiger partial charge on any atom is -0.383 e. The van der Waals surface area contributed by atoms with Crippen molar-refractivity contribution in [3.63, 3.8) is 0 Å². The van der Waals surface area contributed by atoms with E-state index in [2.05, 4.69) is 12.2 Å². The van der Waals surface area contributed by atoms with Crippen LogP contribution in [0.1, 0.15) is 33.1 Å². The predicted molar refractivity (Wildman–Crippen MR) is 68.9 cm³/mol. The number of amides is 1. The average molecular weight is 242 g/mol. The van der Waals surface area contributed by atoms with Crippen molar-refractivity contribution in [2.24, 2.45) is 5.41 Å². The molecule has 1 amide bonds. The van der Waals surface area contributed by atoms with Crippen LogP contribution in [0.3, 0.4) is 0 Å². The van der Waals surface area contributed by atoms with Crippen LogP contribution in [-0.2, 0) is 9.53 Å². The van der Waals surface area contributed by atoms with Crippen LogP contribution in [0.15, 0.2) is 0 Å². The van der Waals surface area contributed by atoms with E-state index in [-0.39, 0.29) is 17.4 Å². The summed E-state index contributed by atoms with van der Waals surface area (Å²) < 4.78 is 5.12. The Kier molecular flexibility index (Phi) is 5.40. The van der Waals surface area contributed by atoms with Gasteiger partial charge in [-0.1, -0.05) is 6.92 Å². The molecule has 0 aliphatic carbocycles. The first-order chi connectivity index (χ1) is 8.07. The summed E-state index contributed by atoms with van der Waals surface area (Å²) in [5.41, 5.74) is -0.199. The second-order valence-electron chi connectivity index (χ2n) is 5.13. The fraction of sp³-hybridized carbons (Fsp3) is 0.923. The summed E-state index contributed by atoms with van der Waals surface area (Å²) in [6.07, 6.45) is 2.99. The fourth-order valence-electron chi connectivity index (χ4n) is 2.53. The molecule has 2 atom stereocenters. The standard InChI is InChI=1S/C13H26N2O2/c1-5-13(7-6-8-14-10-13)12(16)15(3)11(2)9-17-4/h11,14H,5-10H2,1-4H3. The van der Waals surface area contributed by atoms with Gasteiger partial charge in [0, 0.05) is 20.7 Å². The maximum Gasteiger partial charge on any atom is 0.230 e. The van der Waals surface area contributed by atoms with Crippen LogP contribution in [-0.4, -0.2) is 50.7 Å². The van der Waals surface area contributed by atoms with Gasteiger partial charge >= 0.3 is 0 Å². The first-order valence-electron chi connectivity index (χ1n) is 6.54. The number of carbonyl (C=O) groups excluding carboxylic acids is 1. The first-order valence-corrected chi connectivity index (χ1v) is 6.54. The third-order valence-electron chi connectivity index (χ3n) is 3.99. The number of carbonyl (C=O) groups is 1. The number of nitrogens with zero attached hydrogens (tertiary/aromatic N) is 1. The fourth-order valence-corrected chi connectivity index (χ4v) is 2.53. The number of methoxy groups -OCH3 is 1. The number of ether oxygens (including phenoxy) is 1. The molecule has 1 saturated heterocycles. The summed E-state index contributed by atoms with van der Waals surface area (Å²) in [6.45, 7) is 6.58. The highest BCUT2D eigenvalue weighted by Gasteiger charge is 2.40. The minimum atomic E-state index is -0.199. The maximum absolute atomic E-state index is 12.6. The number of likely N-dealkylation sites (N-methyl/N-ethyl adjacent to an activating group) is 1. The van der Waals surface area contributed by atoms with Gasteiger partial charge in [0.15, 0.2) is 0 Å². The maximum atomic E-state index is 12.6. The molecular weight excluding hydrogens is 216 g/mol. The molecular formula is C13H26N2O2. The molecule has 17 heavy (non-hydrogen) atoms. The zero-order chi connectivity index (χ0) is 12.9. The Morgan fingerprint density at radius 3 is 2.76 bits per heavy atom. The molecule has 0 bridgehead atoms. The van der Waals surface area contributed by atoms with Crippen LogP contribution in [0.25, 0.3) is 0 Å². The Labute approximate surface area is 105 Å². The van der Waals surface area contributed by atoms with Crippen LogP contribution in [0, 0.1) is 5.41 Å². The molecule has 0 aromatic rings. The summed E-state index contributed by atoms with van der Waals surface area (Å²) in [5, 5.41) is 3.35. The van der Waals surface area contributed by atoms with E-state index in [0.717, 1.165) is 32.4 Å². The van der Waals surface area contributed by atoms with E-state index in [4.69, 9.17) is 4.74 Å². The van der Waals surface area contributed by atoms with Crippen molar-refractivity contribution in [2.45, 2.75) is 39.2 Å². The highest BCUT2D eigenvalue weighted by atomic mass is 16.5. The van der Waals surface area contributed by atoms with Crippen LogP contribution in [0.4, 0.5) is 0 Å². The van der Waals surface area contributed by atoms with Gasteiger partial charge < -0.3 is 15.0 Å². The smallest absolute Gasteiger partial charge is 0.230 e. The second kappa shape index (κ2) is 6.36. The Balaban J connectivity index is 2.71. The van der Waals surface area contributed by atoms with Crippen molar-refractivity contribution in [3.05, 3.63) is 0 Å². The SMILES string of the molecule is CCC1(C(=O)N(C)C(C)COC)CCCNC1. The van der Waals surface area contributed by atoms with E-state index in [1.54, 1.807) is 7.11 Å². The van der Waals surface area contributed by atoms with Crippen molar-refractivity contribution in [3.8, 4) is 0 Å². The van der Waals surface area contributed by atoms with Gasteiger partial charge in [0.05, 0.1) is 18.1 Å². The zero-order valence-electron chi connectivity index (χ0n) is 11.6. The van der Waals surface area contributed by atoms with E-state index < -0.39 is 0 Å². The summed E-state index contributed by atoms with van der Waals surface area (Å²) in [5.74, 6) is 0.261. The molecule has 1 aliphatic heterocycles. The topological polar surface area (TPSA) is 41.6 Å². The normalized spacial score (nSPS) is 26.6. The molecule has 4 nitrogen and oxygen atoms in total. The van der Waals surface area contributed by atoms with E-state index >= 15 is 0 Å². The Morgan fingerprint density at radius 1 is 1.59 bits per heavy atom. The molecule has 1 aliphatic rings. The van der Waals surface area contributed by atoms with Crippen LogP contribution in [0.5, 0.6) is 0 Å². The molecule has 2 unspecified atom stereocenters. The van der Waals surface area contributed by atoms with Gasteiger partial charge in [-0.05, 0) is 32.7 Å². The van der Waals surface area contributed by atoms with Gasteiger partial charge in [-0.25, -0.2) is 0 Å². The monoisotopic (exact) mass is 242 g/mol. The number of nitrogens with one attached hydrogen (secondary N) is 1. The molecule has 1 heterocycles. The Hall–Kier alpha value is -0.610. The number of rotatable bonds is 5. The summed E-state index contributed by atoms with van der Waals surface area (Å²) >= 11 is 0. The lowest BCUT2D eigenvalue weighted by molar-refractivity contribution is -0.145. The minimum absolute atomic E-state index is 0.137. The lowest BCUT2D eigenvalue weighted by Crippen LogP contribution is -2.53. The highest BCUT2D eigenvalue weighted by Crippen LogP contribution is 2.32. The molecule has 1 N–H and O–H groups in total. The van der Waals surface area contributed by atoms with Crippen molar-refractivity contribution < 1.29 is 9.53 Å². The number of hydrogen-bond donors (Lipinski definition) is 1. The zero-order valence-corrected chi connectivity index (χ0v) is 11.6. The van der Waals surface area contributed by atoms with Gasteiger partial charge in [0.1, 0.15) is 0 Å².